The van der Waals surface area contributed by atoms with Crippen LogP contribution in [0.1, 0.15) is 57.4 Å². The van der Waals surface area contributed by atoms with Crippen molar-refractivity contribution in [1.29, 1.82) is 0 Å². The van der Waals surface area contributed by atoms with Crippen LogP contribution in [-0.4, -0.2) is 27.7 Å². The number of nitrogens with one attached hydrogen (secondary N) is 1. The van der Waals surface area contributed by atoms with Gasteiger partial charge in [0.1, 0.15) is 6.54 Å². The Morgan fingerprint density at radius 3 is 2.38 bits per heavy atom. The number of carbonyl (C=O) groups excluding carboxylic acids is 1. The van der Waals surface area contributed by atoms with Crippen molar-refractivity contribution in [2.24, 2.45) is 0 Å². The van der Waals surface area contributed by atoms with Gasteiger partial charge in [-0.2, -0.15) is 0 Å². The molecule has 1 atom stereocenters. The van der Waals surface area contributed by atoms with E-state index in [2.05, 4.69) is 41.5 Å². The summed E-state index contributed by atoms with van der Waals surface area (Å²) >= 11 is 0. The number of hydrogen-bond donors (Lipinski definition) is 1. The summed E-state index contributed by atoms with van der Waals surface area (Å²) < 4.78 is 5.48. The van der Waals surface area contributed by atoms with Gasteiger partial charge in [0.2, 0.25) is 11.8 Å². The van der Waals surface area contributed by atoms with Gasteiger partial charge >= 0.3 is 6.03 Å². The second kappa shape index (κ2) is 8.47. The van der Waals surface area contributed by atoms with Crippen molar-refractivity contribution in [1.82, 2.24) is 15.1 Å². The lowest BCUT2D eigenvalue weighted by molar-refractivity contribution is 0.205. The Hall–Kier alpha value is -2.37. The van der Waals surface area contributed by atoms with Crippen LogP contribution in [-0.2, 0) is 13.0 Å². The third kappa shape index (κ3) is 4.57. The lowest BCUT2D eigenvalue weighted by Crippen LogP contribution is -2.34. The van der Waals surface area contributed by atoms with Gasteiger partial charge in [-0.15, -0.1) is 10.2 Å². The molecule has 6 heteroatoms. The van der Waals surface area contributed by atoms with Crippen molar-refractivity contribution >= 4 is 11.7 Å². The minimum atomic E-state index is -0.176. The van der Waals surface area contributed by atoms with Crippen molar-refractivity contribution in [2.75, 3.05) is 11.9 Å². The van der Waals surface area contributed by atoms with Crippen LogP contribution in [0.25, 0.3) is 0 Å². The summed E-state index contributed by atoms with van der Waals surface area (Å²) in [6.45, 7) is 9.09. The zero-order chi connectivity index (χ0) is 17.5. The van der Waals surface area contributed by atoms with Crippen LogP contribution < -0.4 is 5.32 Å². The summed E-state index contributed by atoms with van der Waals surface area (Å²) in [6, 6.07) is 7.83. The molecule has 2 amide bonds. The first kappa shape index (κ1) is 18.0. The summed E-state index contributed by atoms with van der Waals surface area (Å²) in [6.07, 6.45) is 1.78. The Morgan fingerprint density at radius 2 is 1.83 bits per heavy atom. The summed E-state index contributed by atoms with van der Waals surface area (Å²) in [5.74, 6) is 1.56. The Labute approximate surface area is 143 Å². The molecule has 0 aliphatic rings. The SMILES string of the molecule is CCc1nnc(CN(CC)C(=O)Nc2ccc(C(C)CC)cc2)o1. The van der Waals surface area contributed by atoms with E-state index in [1.54, 1.807) is 4.90 Å². The number of urea groups is 1. The molecular weight excluding hydrogens is 304 g/mol. The number of aryl methyl sites for hydroxylation is 1. The number of amides is 2. The molecule has 1 aromatic carbocycles. The molecule has 2 rings (SSSR count). The van der Waals surface area contributed by atoms with Crippen molar-refractivity contribution in [3.8, 4) is 0 Å². The standard InChI is InChI=1S/C18H26N4O2/c1-5-13(4)14-8-10-15(11-9-14)19-18(23)22(7-3)12-17-21-20-16(6-2)24-17/h8-11,13H,5-7,12H2,1-4H3,(H,19,23). The van der Waals surface area contributed by atoms with Crippen LogP contribution in [0.3, 0.4) is 0 Å². The van der Waals surface area contributed by atoms with Crippen LogP contribution in [0, 0.1) is 0 Å². The van der Waals surface area contributed by atoms with Gasteiger partial charge in [-0.25, -0.2) is 4.79 Å². The predicted octanol–water partition coefficient (Wildman–Crippen LogP) is 4.20. The maximum Gasteiger partial charge on any atom is 0.322 e. The van der Waals surface area contributed by atoms with E-state index in [1.165, 1.54) is 5.56 Å². The van der Waals surface area contributed by atoms with Gasteiger partial charge in [-0.3, -0.25) is 0 Å². The molecule has 130 valence electrons. The third-order valence-electron chi connectivity index (χ3n) is 4.15. The molecule has 1 N–H and O–H groups in total. The molecule has 0 fully saturated rings. The second-order valence-corrected chi connectivity index (χ2v) is 5.82. The van der Waals surface area contributed by atoms with Gasteiger partial charge < -0.3 is 14.6 Å². The van der Waals surface area contributed by atoms with Gasteiger partial charge in [-0.05, 0) is 37.0 Å². The first-order valence-electron chi connectivity index (χ1n) is 8.54. The first-order valence-corrected chi connectivity index (χ1v) is 8.54. The van der Waals surface area contributed by atoms with E-state index in [-0.39, 0.29) is 6.03 Å². The molecule has 6 nitrogen and oxygen atoms in total. The van der Waals surface area contributed by atoms with Crippen LogP contribution in [0.15, 0.2) is 28.7 Å². The van der Waals surface area contributed by atoms with E-state index in [4.69, 9.17) is 4.42 Å². The molecule has 24 heavy (non-hydrogen) atoms. The van der Waals surface area contributed by atoms with E-state index in [9.17, 15) is 4.79 Å². The minimum absolute atomic E-state index is 0.176. The smallest absolute Gasteiger partial charge is 0.322 e. The lowest BCUT2D eigenvalue weighted by atomic mass is 9.99. The summed E-state index contributed by atoms with van der Waals surface area (Å²) in [5.41, 5.74) is 2.06. The van der Waals surface area contributed by atoms with Crippen molar-refractivity contribution in [3.05, 3.63) is 41.6 Å². The largest absolute Gasteiger partial charge is 0.423 e. The molecule has 2 aromatic rings. The maximum absolute atomic E-state index is 12.4. The number of benzene rings is 1. The Morgan fingerprint density at radius 1 is 1.17 bits per heavy atom. The van der Waals surface area contributed by atoms with Crippen LogP contribution >= 0.6 is 0 Å². The average molecular weight is 330 g/mol. The van der Waals surface area contributed by atoms with E-state index < -0.39 is 0 Å². The van der Waals surface area contributed by atoms with Gasteiger partial charge in [0.05, 0.1) is 0 Å². The quantitative estimate of drug-likeness (QED) is 0.826. The highest BCUT2D eigenvalue weighted by Gasteiger charge is 2.16. The molecule has 0 saturated heterocycles. The molecule has 1 aromatic heterocycles. The molecule has 0 spiro atoms. The molecule has 0 saturated carbocycles. The highest BCUT2D eigenvalue weighted by atomic mass is 16.4. The zero-order valence-corrected chi connectivity index (χ0v) is 14.9. The van der Waals surface area contributed by atoms with Gasteiger partial charge in [0.25, 0.3) is 0 Å². The van der Waals surface area contributed by atoms with E-state index in [0.29, 0.717) is 37.2 Å². The Bertz CT molecular complexity index is 651. The fourth-order valence-corrected chi connectivity index (χ4v) is 2.32. The van der Waals surface area contributed by atoms with Crippen LogP contribution in [0.5, 0.6) is 0 Å². The van der Waals surface area contributed by atoms with Gasteiger partial charge in [-0.1, -0.05) is 32.9 Å². The Kier molecular flexibility index (Phi) is 6.35. The number of hydrogen-bond acceptors (Lipinski definition) is 4. The van der Waals surface area contributed by atoms with Crippen LogP contribution in [0.4, 0.5) is 10.5 Å². The lowest BCUT2D eigenvalue weighted by Gasteiger charge is -2.19. The fraction of sp³-hybridized carbons (Fsp3) is 0.500. The average Bonchev–Trinajstić information content (AvgIpc) is 3.07. The van der Waals surface area contributed by atoms with E-state index >= 15 is 0 Å². The molecule has 1 unspecified atom stereocenters. The molecule has 0 aliphatic carbocycles. The summed E-state index contributed by atoms with van der Waals surface area (Å²) in [7, 11) is 0. The second-order valence-electron chi connectivity index (χ2n) is 5.82. The molecule has 0 bridgehead atoms. The number of nitrogens with zero attached hydrogens (tertiary/aromatic N) is 3. The van der Waals surface area contributed by atoms with Crippen molar-refractivity contribution in [3.63, 3.8) is 0 Å². The zero-order valence-electron chi connectivity index (χ0n) is 14.9. The molecule has 1 heterocycles. The normalized spacial score (nSPS) is 12.0. The molecular formula is C18H26N4O2. The Balaban J connectivity index is 1.98. The summed E-state index contributed by atoms with van der Waals surface area (Å²) in [4.78, 5) is 14.1. The monoisotopic (exact) mass is 330 g/mol. The fourth-order valence-electron chi connectivity index (χ4n) is 2.32. The minimum Gasteiger partial charge on any atom is -0.423 e. The highest BCUT2D eigenvalue weighted by Crippen LogP contribution is 2.20. The number of aromatic nitrogens is 2. The maximum atomic E-state index is 12.4. The topological polar surface area (TPSA) is 71.3 Å². The highest BCUT2D eigenvalue weighted by molar-refractivity contribution is 5.89. The molecule has 0 aliphatic heterocycles. The molecule has 0 radical (unpaired) electrons. The van der Waals surface area contributed by atoms with Crippen molar-refractivity contribution in [2.45, 2.75) is 53.0 Å². The van der Waals surface area contributed by atoms with Crippen LogP contribution in [0.2, 0.25) is 0 Å². The number of rotatable bonds is 7. The van der Waals surface area contributed by atoms with Crippen molar-refractivity contribution < 1.29 is 9.21 Å². The van der Waals surface area contributed by atoms with E-state index in [1.807, 2.05) is 26.0 Å². The van der Waals surface area contributed by atoms with Gasteiger partial charge in [0, 0.05) is 18.7 Å². The predicted molar refractivity (Wildman–Crippen MR) is 93.9 cm³/mol. The number of carbonyl (C=O) groups is 1. The van der Waals surface area contributed by atoms with Gasteiger partial charge in [0.15, 0.2) is 0 Å². The third-order valence-corrected chi connectivity index (χ3v) is 4.15. The number of anilines is 1. The van der Waals surface area contributed by atoms with E-state index in [0.717, 1.165) is 12.1 Å². The summed E-state index contributed by atoms with van der Waals surface area (Å²) in [5, 5.41) is 10.8. The first-order chi connectivity index (χ1) is 11.6.